The quantitative estimate of drug-likeness (QED) is 0.739. The van der Waals surface area contributed by atoms with Gasteiger partial charge in [-0.1, -0.05) is 0 Å². The second-order valence-corrected chi connectivity index (χ2v) is 5.34. The van der Waals surface area contributed by atoms with Gasteiger partial charge in [0.15, 0.2) is 0 Å². The second kappa shape index (κ2) is 3.70. The molecule has 6 heteroatoms. The Morgan fingerprint density at radius 3 is 2.43 bits per heavy atom. The van der Waals surface area contributed by atoms with Crippen LogP contribution in [0.3, 0.4) is 0 Å². The SMILES string of the molecule is CCn1cc(S(=O)(=O)N(C)C)c(C)n1. The molecule has 0 amide bonds. The third kappa shape index (κ3) is 1.80. The van der Waals surface area contributed by atoms with Gasteiger partial charge in [-0.3, -0.25) is 4.68 Å². The Morgan fingerprint density at radius 2 is 2.07 bits per heavy atom. The van der Waals surface area contributed by atoms with Crippen LogP contribution in [0.2, 0.25) is 0 Å². The summed E-state index contributed by atoms with van der Waals surface area (Å²) in [5.74, 6) is 0. The highest BCUT2D eigenvalue weighted by Crippen LogP contribution is 2.16. The average molecular weight is 217 g/mol. The molecular formula is C8H15N3O2S. The number of aryl methyl sites for hydroxylation is 2. The van der Waals surface area contributed by atoms with Gasteiger partial charge in [0.25, 0.3) is 0 Å². The summed E-state index contributed by atoms with van der Waals surface area (Å²) < 4.78 is 26.3. The van der Waals surface area contributed by atoms with Crippen molar-refractivity contribution >= 4 is 10.0 Å². The average Bonchev–Trinajstić information content (AvgIpc) is 2.47. The predicted octanol–water partition coefficient (Wildman–Crippen LogP) is 0.462. The molecule has 0 saturated carbocycles. The van der Waals surface area contributed by atoms with Crippen molar-refractivity contribution in [3.05, 3.63) is 11.9 Å². The molecule has 0 atom stereocenters. The van der Waals surface area contributed by atoms with Crippen LogP contribution >= 0.6 is 0 Å². The van der Waals surface area contributed by atoms with E-state index in [1.807, 2.05) is 6.92 Å². The molecule has 0 bridgehead atoms. The Morgan fingerprint density at radius 1 is 1.50 bits per heavy atom. The van der Waals surface area contributed by atoms with E-state index in [1.54, 1.807) is 17.8 Å². The fourth-order valence-electron chi connectivity index (χ4n) is 1.11. The molecule has 0 aliphatic rings. The van der Waals surface area contributed by atoms with Crippen LogP contribution in [0.1, 0.15) is 12.6 Å². The van der Waals surface area contributed by atoms with Crippen LogP contribution in [0, 0.1) is 6.92 Å². The molecule has 1 aromatic heterocycles. The van der Waals surface area contributed by atoms with Crippen molar-refractivity contribution in [2.75, 3.05) is 14.1 Å². The molecule has 5 nitrogen and oxygen atoms in total. The lowest BCUT2D eigenvalue weighted by Gasteiger charge is -2.09. The van der Waals surface area contributed by atoms with Crippen molar-refractivity contribution < 1.29 is 8.42 Å². The molecule has 0 aliphatic carbocycles. The lowest BCUT2D eigenvalue weighted by atomic mass is 10.5. The van der Waals surface area contributed by atoms with Gasteiger partial charge in [-0.15, -0.1) is 0 Å². The number of nitrogens with zero attached hydrogens (tertiary/aromatic N) is 3. The number of sulfonamides is 1. The first kappa shape index (κ1) is 11.2. The third-order valence-electron chi connectivity index (χ3n) is 1.98. The maximum absolute atomic E-state index is 11.8. The minimum absolute atomic E-state index is 0.282. The molecule has 0 saturated heterocycles. The van der Waals surface area contributed by atoms with Gasteiger partial charge in [0.1, 0.15) is 4.90 Å². The summed E-state index contributed by atoms with van der Waals surface area (Å²) in [5, 5.41) is 4.09. The monoisotopic (exact) mass is 217 g/mol. The van der Waals surface area contributed by atoms with Crippen LogP contribution in [0.15, 0.2) is 11.1 Å². The number of aromatic nitrogens is 2. The first-order chi connectivity index (χ1) is 6.39. The Hall–Kier alpha value is -0.880. The highest BCUT2D eigenvalue weighted by Gasteiger charge is 2.22. The van der Waals surface area contributed by atoms with E-state index in [1.165, 1.54) is 18.4 Å². The summed E-state index contributed by atoms with van der Waals surface area (Å²) in [4.78, 5) is 0.282. The van der Waals surface area contributed by atoms with E-state index in [9.17, 15) is 8.42 Å². The van der Waals surface area contributed by atoms with Crippen molar-refractivity contribution in [2.45, 2.75) is 25.3 Å². The number of rotatable bonds is 3. The molecular weight excluding hydrogens is 202 g/mol. The Bertz CT molecular complexity index is 420. The molecule has 1 heterocycles. The summed E-state index contributed by atoms with van der Waals surface area (Å²) in [6, 6.07) is 0. The molecule has 1 aromatic rings. The van der Waals surface area contributed by atoms with Crippen LogP contribution in [0.5, 0.6) is 0 Å². The molecule has 0 radical (unpaired) electrons. The van der Waals surface area contributed by atoms with E-state index >= 15 is 0 Å². The maximum atomic E-state index is 11.8. The van der Waals surface area contributed by atoms with Crippen molar-refractivity contribution in [2.24, 2.45) is 0 Å². The van der Waals surface area contributed by atoms with Gasteiger partial charge >= 0.3 is 0 Å². The molecule has 0 aromatic carbocycles. The third-order valence-corrected chi connectivity index (χ3v) is 3.90. The molecule has 0 spiro atoms. The van der Waals surface area contributed by atoms with E-state index in [4.69, 9.17) is 0 Å². The van der Waals surface area contributed by atoms with Gasteiger partial charge < -0.3 is 0 Å². The highest BCUT2D eigenvalue weighted by molar-refractivity contribution is 7.89. The summed E-state index contributed by atoms with van der Waals surface area (Å²) in [7, 11) is -0.323. The van der Waals surface area contributed by atoms with E-state index < -0.39 is 10.0 Å². The van der Waals surface area contributed by atoms with E-state index in [2.05, 4.69) is 5.10 Å². The van der Waals surface area contributed by atoms with Crippen LogP contribution in [-0.4, -0.2) is 36.6 Å². The molecule has 14 heavy (non-hydrogen) atoms. The van der Waals surface area contributed by atoms with Gasteiger partial charge in [0.2, 0.25) is 10.0 Å². The summed E-state index contributed by atoms with van der Waals surface area (Å²) in [5.41, 5.74) is 0.542. The van der Waals surface area contributed by atoms with E-state index in [-0.39, 0.29) is 4.90 Å². The minimum atomic E-state index is -3.35. The van der Waals surface area contributed by atoms with Gasteiger partial charge in [-0.05, 0) is 13.8 Å². The molecule has 0 unspecified atom stereocenters. The minimum Gasteiger partial charge on any atom is -0.271 e. The molecule has 1 rings (SSSR count). The Balaban J connectivity index is 3.26. The topological polar surface area (TPSA) is 55.2 Å². The van der Waals surface area contributed by atoms with Crippen LogP contribution < -0.4 is 0 Å². The molecule has 0 N–H and O–H groups in total. The molecule has 0 aliphatic heterocycles. The van der Waals surface area contributed by atoms with E-state index in [0.29, 0.717) is 12.2 Å². The lowest BCUT2D eigenvalue weighted by Crippen LogP contribution is -2.22. The normalized spacial score (nSPS) is 12.4. The zero-order valence-corrected chi connectivity index (χ0v) is 9.67. The summed E-state index contributed by atoms with van der Waals surface area (Å²) in [6.07, 6.45) is 1.56. The molecule has 80 valence electrons. The van der Waals surface area contributed by atoms with Gasteiger partial charge in [0.05, 0.1) is 5.69 Å². The van der Waals surface area contributed by atoms with Crippen molar-refractivity contribution in [1.29, 1.82) is 0 Å². The summed E-state index contributed by atoms with van der Waals surface area (Å²) >= 11 is 0. The zero-order valence-electron chi connectivity index (χ0n) is 8.85. The van der Waals surface area contributed by atoms with Gasteiger partial charge in [-0.2, -0.15) is 5.10 Å². The highest BCUT2D eigenvalue weighted by atomic mass is 32.2. The van der Waals surface area contributed by atoms with Crippen LogP contribution in [0.25, 0.3) is 0 Å². The summed E-state index contributed by atoms with van der Waals surface area (Å²) in [6.45, 7) is 4.28. The number of hydrogen-bond donors (Lipinski definition) is 0. The molecule has 0 fully saturated rings. The second-order valence-electron chi connectivity index (χ2n) is 3.22. The first-order valence-corrected chi connectivity index (χ1v) is 5.80. The van der Waals surface area contributed by atoms with Crippen molar-refractivity contribution in [3.8, 4) is 0 Å². The maximum Gasteiger partial charge on any atom is 0.245 e. The number of hydrogen-bond acceptors (Lipinski definition) is 3. The Kier molecular flexibility index (Phi) is 2.96. The van der Waals surface area contributed by atoms with Gasteiger partial charge in [0, 0.05) is 26.8 Å². The van der Waals surface area contributed by atoms with Crippen LogP contribution in [-0.2, 0) is 16.6 Å². The lowest BCUT2D eigenvalue weighted by molar-refractivity contribution is 0.520. The fourth-order valence-corrected chi connectivity index (χ4v) is 2.17. The van der Waals surface area contributed by atoms with Crippen LogP contribution in [0.4, 0.5) is 0 Å². The zero-order chi connectivity index (χ0) is 10.9. The van der Waals surface area contributed by atoms with Crippen molar-refractivity contribution in [1.82, 2.24) is 14.1 Å². The standard InChI is InChI=1S/C8H15N3O2S/c1-5-11-6-8(7(2)9-11)14(12,13)10(3)4/h6H,5H2,1-4H3. The van der Waals surface area contributed by atoms with Crippen molar-refractivity contribution in [3.63, 3.8) is 0 Å². The fraction of sp³-hybridized carbons (Fsp3) is 0.625. The van der Waals surface area contributed by atoms with Gasteiger partial charge in [-0.25, -0.2) is 12.7 Å². The predicted molar refractivity (Wildman–Crippen MR) is 53.5 cm³/mol. The first-order valence-electron chi connectivity index (χ1n) is 4.36. The largest absolute Gasteiger partial charge is 0.271 e. The smallest absolute Gasteiger partial charge is 0.245 e. The Labute approximate surface area is 84.4 Å². The van der Waals surface area contributed by atoms with E-state index in [0.717, 1.165) is 0 Å².